The van der Waals surface area contributed by atoms with Gasteiger partial charge in [0, 0.05) is 19.3 Å². The van der Waals surface area contributed by atoms with Gasteiger partial charge in [0.1, 0.15) is 13.2 Å². The quantitative estimate of drug-likeness (QED) is 0.0345. The summed E-state index contributed by atoms with van der Waals surface area (Å²) in [5.74, 6) is -0.00477. The van der Waals surface area contributed by atoms with Crippen molar-refractivity contribution in [3.8, 4) is 0 Å². The maximum Gasteiger partial charge on any atom is 0.306 e. The molecule has 0 heterocycles. The summed E-state index contributed by atoms with van der Waals surface area (Å²) in [6.07, 6.45) is 49.6. The van der Waals surface area contributed by atoms with E-state index in [0.29, 0.717) is 19.3 Å². The molecule has 0 N–H and O–H groups in total. The molecule has 59 heavy (non-hydrogen) atoms. The number of carbonyl (C=O) groups excluding carboxylic acids is 3. The molecule has 0 aliphatic rings. The highest BCUT2D eigenvalue weighted by molar-refractivity contribution is 5.71. The first-order chi connectivity index (χ1) is 28.9. The maximum atomic E-state index is 12.8. The molecule has 0 aliphatic heterocycles. The van der Waals surface area contributed by atoms with Crippen molar-refractivity contribution < 1.29 is 28.6 Å². The third-order valence-electron chi connectivity index (χ3n) is 12.0. The van der Waals surface area contributed by atoms with Gasteiger partial charge in [0.2, 0.25) is 0 Å². The van der Waals surface area contributed by atoms with Crippen LogP contribution < -0.4 is 0 Å². The second kappa shape index (κ2) is 47.5. The molecule has 0 aromatic rings. The lowest BCUT2D eigenvalue weighted by Gasteiger charge is -2.18. The van der Waals surface area contributed by atoms with Crippen LogP contribution in [0.1, 0.15) is 297 Å². The monoisotopic (exact) mass is 835 g/mol. The van der Waals surface area contributed by atoms with E-state index in [4.69, 9.17) is 14.2 Å². The van der Waals surface area contributed by atoms with E-state index in [1.807, 2.05) is 0 Å². The SMILES string of the molecule is CCCCCCCCCCCCCCCCCCCC(=O)O[C@H](COC(=O)CCCCCCCCC)COC(=O)CCCCCCCCCCCCCCCCC(C)C. The van der Waals surface area contributed by atoms with E-state index in [2.05, 4.69) is 27.7 Å². The Morgan fingerprint density at radius 1 is 0.322 bits per heavy atom. The Labute approximate surface area is 368 Å². The lowest BCUT2D eigenvalue weighted by molar-refractivity contribution is -0.167. The zero-order chi connectivity index (χ0) is 43.1. The molecule has 0 fully saturated rings. The first-order valence-electron chi connectivity index (χ1n) is 26.4. The van der Waals surface area contributed by atoms with E-state index in [9.17, 15) is 14.4 Å². The molecule has 0 unspecified atom stereocenters. The van der Waals surface area contributed by atoms with E-state index < -0.39 is 6.10 Å². The zero-order valence-electron chi connectivity index (χ0n) is 40.2. The molecule has 1 atom stereocenters. The summed E-state index contributed by atoms with van der Waals surface area (Å²) in [4.78, 5) is 37.8. The van der Waals surface area contributed by atoms with Crippen LogP contribution in [0, 0.1) is 5.92 Å². The summed E-state index contributed by atoms with van der Waals surface area (Å²) in [6.45, 7) is 9.00. The van der Waals surface area contributed by atoms with Crippen molar-refractivity contribution in [2.24, 2.45) is 5.92 Å². The Kier molecular flexibility index (Phi) is 46.2. The largest absolute Gasteiger partial charge is 0.462 e. The van der Waals surface area contributed by atoms with Crippen molar-refractivity contribution in [1.82, 2.24) is 0 Å². The van der Waals surface area contributed by atoms with E-state index >= 15 is 0 Å². The van der Waals surface area contributed by atoms with Crippen LogP contribution in [0.4, 0.5) is 0 Å². The fourth-order valence-electron chi connectivity index (χ4n) is 8.04. The third kappa shape index (κ3) is 47.3. The van der Waals surface area contributed by atoms with E-state index in [1.165, 1.54) is 193 Å². The van der Waals surface area contributed by atoms with E-state index in [1.54, 1.807) is 0 Å². The van der Waals surface area contributed by atoms with Crippen LogP contribution in [-0.2, 0) is 28.6 Å². The van der Waals surface area contributed by atoms with Crippen LogP contribution >= 0.6 is 0 Å². The fraction of sp³-hybridized carbons (Fsp3) is 0.943. The predicted octanol–water partition coefficient (Wildman–Crippen LogP) is 17.1. The van der Waals surface area contributed by atoms with Crippen molar-refractivity contribution in [2.75, 3.05) is 13.2 Å². The van der Waals surface area contributed by atoms with Crippen molar-refractivity contribution in [3.05, 3.63) is 0 Å². The number of esters is 3. The molecule has 0 radical (unpaired) electrons. The van der Waals surface area contributed by atoms with Crippen LogP contribution in [0.25, 0.3) is 0 Å². The third-order valence-corrected chi connectivity index (χ3v) is 12.0. The van der Waals surface area contributed by atoms with E-state index in [0.717, 1.165) is 63.7 Å². The van der Waals surface area contributed by atoms with Gasteiger partial charge in [-0.2, -0.15) is 0 Å². The molecule has 0 spiro atoms. The van der Waals surface area contributed by atoms with Crippen LogP contribution in [0.15, 0.2) is 0 Å². The fourth-order valence-corrected chi connectivity index (χ4v) is 8.04. The summed E-state index contributed by atoms with van der Waals surface area (Å²) in [6, 6.07) is 0. The zero-order valence-corrected chi connectivity index (χ0v) is 40.2. The highest BCUT2D eigenvalue weighted by Gasteiger charge is 2.19. The molecule has 0 aromatic heterocycles. The van der Waals surface area contributed by atoms with Gasteiger partial charge in [0.15, 0.2) is 6.10 Å². The average molecular weight is 835 g/mol. The number of ether oxygens (including phenoxy) is 3. The second-order valence-corrected chi connectivity index (χ2v) is 18.6. The molecular formula is C53H102O6. The summed E-state index contributed by atoms with van der Waals surface area (Å²) in [7, 11) is 0. The van der Waals surface area contributed by atoms with Gasteiger partial charge in [0.05, 0.1) is 0 Å². The van der Waals surface area contributed by atoms with Crippen molar-refractivity contribution >= 4 is 17.9 Å². The Bertz CT molecular complexity index is 887. The molecule has 0 saturated carbocycles. The second-order valence-electron chi connectivity index (χ2n) is 18.6. The molecule has 0 aliphatic carbocycles. The molecule has 0 saturated heterocycles. The standard InChI is InChI=1S/C53H102O6/c1-5-7-9-11-13-14-15-16-17-18-19-24-27-30-34-38-42-46-53(56)59-50(47-57-51(54)44-40-36-31-12-10-8-6-2)48-58-52(55)45-41-37-33-29-26-23-21-20-22-25-28-32-35-39-43-49(3)4/h49-50H,5-48H2,1-4H3/t50-/m1/s1. The van der Waals surface area contributed by atoms with Gasteiger partial charge in [-0.1, -0.05) is 259 Å². The molecule has 0 amide bonds. The van der Waals surface area contributed by atoms with Gasteiger partial charge < -0.3 is 14.2 Å². The predicted molar refractivity (Wildman–Crippen MR) is 252 cm³/mol. The average Bonchev–Trinajstić information content (AvgIpc) is 3.22. The minimum atomic E-state index is -0.759. The maximum absolute atomic E-state index is 12.8. The van der Waals surface area contributed by atoms with Gasteiger partial charge in [-0.05, 0) is 25.2 Å². The van der Waals surface area contributed by atoms with E-state index in [-0.39, 0.29) is 31.1 Å². The van der Waals surface area contributed by atoms with Crippen LogP contribution in [0.2, 0.25) is 0 Å². The Morgan fingerprint density at radius 3 is 0.831 bits per heavy atom. The highest BCUT2D eigenvalue weighted by Crippen LogP contribution is 2.17. The molecule has 0 aromatic carbocycles. The summed E-state index contributed by atoms with van der Waals surface area (Å²) in [5, 5.41) is 0. The van der Waals surface area contributed by atoms with Gasteiger partial charge in [-0.25, -0.2) is 0 Å². The summed E-state index contributed by atoms with van der Waals surface area (Å²) in [5.41, 5.74) is 0. The van der Waals surface area contributed by atoms with Gasteiger partial charge in [0.25, 0.3) is 0 Å². The summed E-state index contributed by atoms with van der Waals surface area (Å²) < 4.78 is 16.8. The lowest BCUT2D eigenvalue weighted by Crippen LogP contribution is -2.30. The molecule has 0 rings (SSSR count). The number of hydrogen-bond donors (Lipinski definition) is 0. The first-order valence-corrected chi connectivity index (χ1v) is 26.4. The van der Waals surface area contributed by atoms with Crippen LogP contribution in [0.5, 0.6) is 0 Å². The van der Waals surface area contributed by atoms with Crippen molar-refractivity contribution in [3.63, 3.8) is 0 Å². The molecule has 6 heteroatoms. The topological polar surface area (TPSA) is 78.9 Å². The number of rotatable bonds is 48. The Balaban J connectivity index is 4.18. The highest BCUT2D eigenvalue weighted by atomic mass is 16.6. The number of carbonyl (C=O) groups is 3. The van der Waals surface area contributed by atoms with Crippen molar-refractivity contribution in [2.45, 2.75) is 303 Å². The minimum absolute atomic E-state index is 0.0630. The normalized spacial score (nSPS) is 11.9. The molecule has 0 bridgehead atoms. The smallest absolute Gasteiger partial charge is 0.306 e. The number of unbranched alkanes of at least 4 members (excludes halogenated alkanes) is 35. The van der Waals surface area contributed by atoms with Crippen LogP contribution in [0.3, 0.4) is 0 Å². The van der Waals surface area contributed by atoms with Crippen molar-refractivity contribution in [1.29, 1.82) is 0 Å². The minimum Gasteiger partial charge on any atom is -0.462 e. The Morgan fingerprint density at radius 2 is 0.559 bits per heavy atom. The molecule has 6 nitrogen and oxygen atoms in total. The first kappa shape index (κ1) is 57.4. The Hall–Kier alpha value is -1.59. The molecular weight excluding hydrogens is 733 g/mol. The van der Waals surface area contributed by atoms with Crippen LogP contribution in [-0.4, -0.2) is 37.2 Å². The molecule has 350 valence electrons. The van der Waals surface area contributed by atoms with Gasteiger partial charge in [-0.15, -0.1) is 0 Å². The van der Waals surface area contributed by atoms with Gasteiger partial charge in [-0.3, -0.25) is 14.4 Å². The number of hydrogen-bond acceptors (Lipinski definition) is 6. The summed E-state index contributed by atoms with van der Waals surface area (Å²) >= 11 is 0. The lowest BCUT2D eigenvalue weighted by atomic mass is 10.0. The van der Waals surface area contributed by atoms with Gasteiger partial charge >= 0.3 is 17.9 Å².